The van der Waals surface area contributed by atoms with Gasteiger partial charge < -0.3 is 15.2 Å². The molecule has 0 bridgehead atoms. The van der Waals surface area contributed by atoms with Crippen LogP contribution in [-0.4, -0.2) is 29.8 Å². The maximum atomic E-state index is 5.40. The lowest BCUT2D eigenvalue weighted by Crippen LogP contribution is -2.31. The summed E-state index contributed by atoms with van der Waals surface area (Å²) in [5.74, 6) is 2.34. The molecule has 0 spiro atoms. The first-order valence-corrected chi connectivity index (χ1v) is 7.18. The van der Waals surface area contributed by atoms with Crippen molar-refractivity contribution >= 4 is 0 Å². The monoisotopic (exact) mass is 250 g/mol. The Balaban J connectivity index is 1.58. The smallest absolute Gasteiger partial charge is 0.243 e. The molecule has 5 heteroatoms. The number of aromatic nitrogens is 2. The summed E-state index contributed by atoms with van der Waals surface area (Å²) in [5, 5.41) is 11.0. The van der Waals surface area contributed by atoms with E-state index in [2.05, 4.69) is 20.8 Å². The van der Waals surface area contributed by atoms with E-state index in [4.69, 9.17) is 4.52 Å². The highest BCUT2D eigenvalue weighted by atomic mass is 16.5. The first-order chi connectivity index (χ1) is 8.92. The highest BCUT2D eigenvalue weighted by Gasteiger charge is 2.22. The third kappa shape index (κ3) is 2.90. The Bertz CT molecular complexity index is 367. The molecule has 1 aromatic heterocycles. The van der Waals surface area contributed by atoms with Crippen LogP contribution < -0.4 is 10.6 Å². The summed E-state index contributed by atoms with van der Waals surface area (Å²) in [6, 6.07) is 0.282. The van der Waals surface area contributed by atoms with Crippen molar-refractivity contribution in [3.63, 3.8) is 0 Å². The van der Waals surface area contributed by atoms with E-state index >= 15 is 0 Å². The topological polar surface area (TPSA) is 63.0 Å². The number of rotatable bonds is 3. The minimum atomic E-state index is 0.282. The maximum Gasteiger partial charge on any atom is 0.243 e. The van der Waals surface area contributed by atoms with Crippen LogP contribution in [0.5, 0.6) is 0 Å². The molecule has 0 radical (unpaired) electrons. The molecule has 2 atom stereocenters. The van der Waals surface area contributed by atoms with Crippen molar-refractivity contribution in [2.75, 3.05) is 19.6 Å². The fourth-order valence-corrected chi connectivity index (χ4v) is 2.91. The van der Waals surface area contributed by atoms with Crippen molar-refractivity contribution in [3.8, 4) is 0 Å². The molecule has 2 fully saturated rings. The quantitative estimate of drug-likeness (QED) is 0.849. The Morgan fingerprint density at radius 2 is 2.17 bits per heavy atom. The molecule has 0 aromatic carbocycles. The van der Waals surface area contributed by atoms with Gasteiger partial charge in [0.25, 0.3) is 0 Å². The highest BCUT2D eigenvalue weighted by molar-refractivity contribution is 4.95. The first-order valence-electron chi connectivity index (χ1n) is 7.18. The van der Waals surface area contributed by atoms with Gasteiger partial charge in [0, 0.05) is 6.42 Å². The molecule has 2 unspecified atom stereocenters. The van der Waals surface area contributed by atoms with Crippen LogP contribution in [0.25, 0.3) is 0 Å². The summed E-state index contributed by atoms with van der Waals surface area (Å²) in [5.41, 5.74) is 0. The molecule has 2 aliphatic rings. The molecule has 1 aromatic rings. The summed E-state index contributed by atoms with van der Waals surface area (Å²) in [6.07, 6.45) is 7.11. The molecule has 3 heterocycles. The number of hydrogen-bond donors (Lipinski definition) is 2. The summed E-state index contributed by atoms with van der Waals surface area (Å²) in [7, 11) is 0. The predicted molar refractivity (Wildman–Crippen MR) is 68.2 cm³/mol. The van der Waals surface area contributed by atoms with E-state index < -0.39 is 0 Å². The molecule has 2 aliphatic heterocycles. The van der Waals surface area contributed by atoms with E-state index in [1.54, 1.807) is 0 Å². The summed E-state index contributed by atoms with van der Waals surface area (Å²) in [4.78, 5) is 4.56. The summed E-state index contributed by atoms with van der Waals surface area (Å²) in [6.45, 7) is 3.31. The minimum absolute atomic E-state index is 0.282. The fourth-order valence-electron chi connectivity index (χ4n) is 2.91. The van der Waals surface area contributed by atoms with Crippen LogP contribution in [-0.2, 0) is 6.42 Å². The summed E-state index contributed by atoms with van der Waals surface area (Å²) < 4.78 is 5.40. The van der Waals surface area contributed by atoms with Gasteiger partial charge in [-0.2, -0.15) is 4.98 Å². The van der Waals surface area contributed by atoms with Gasteiger partial charge in [-0.3, -0.25) is 0 Å². The van der Waals surface area contributed by atoms with Crippen LogP contribution in [0.1, 0.15) is 49.9 Å². The zero-order valence-electron chi connectivity index (χ0n) is 10.8. The Morgan fingerprint density at radius 3 is 2.94 bits per heavy atom. The molecular weight excluding hydrogens is 228 g/mol. The second-order valence-corrected chi connectivity index (χ2v) is 5.47. The van der Waals surface area contributed by atoms with E-state index in [9.17, 15) is 0 Å². The second-order valence-electron chi connectivity index (χ2n) is 5.47. The van der Waals surface area contributed by atoms with Crippen molar-refractivity contribution in [3.05, 3.63) is 11.7 Å². The van der Waals surface area contributed by atoms with Crippen molar-refractivity contribution in [2.45, 2.75) is 44.6 Å². The van der Waals surface area contributed by atoms with E-state index in [1.807, 2.05) is 0 Å². The van der Waals surface area contributed by atoms with Gasteiger partial charge in [-0.05, 0) is 51.2 Å². The third-order valence-electron chi connectivity index (χ3n) is 3.96. The first kappa shape index (κ1) is 12.1. The molecule has 2 N–H and O–H groups in total. The van der Waals surface area contributed by atoms with Gasteiger partial charge in [-0.25, -0.2) is 0 Å². The van der Waals surface area contributed by atoms with Crippen LogP contribution in [0.4, 0.5) is 0 Å². The molecule has 100 valence electrons. The molecule has 3 rings (SSSR count). The third-order valence-corrected chi connectivity index (χ3v) is 3.96. The van der Waals surface area contributed by atoms with Crippen molar-refractivity contribution < 1.29 is 4.52 Å². The van der Waals surface area contributed by atoms with Crippen LogP contribution in [0, 0.1) is 5.92 Å². The lowest BCUT2D eigenvalue weighted by Gasteiger charge is -2.21. The number of nitrogens with zero attached hydrogens (tertiary/aromatic N) is 2. The lowest BCUT2D eigenvalue weighted by molar-refractivity contribution is 0.294. The van der Waals surface area contributed by atoms with Gasteiger partial charge in [0.05, 0.1) is 6.04 Å². The van der Waals surface area contributed by atoms with Crippen LogP contribution >= 0.6 is 0 Å². The molecule has 0 saturated carbocycles. The second kappa shape index (κ2) is 5.80. The van der Waals surface area contributed by atoms with Gasteiger partial charge in [0.1, 0.15) is 0 Å². The van der Waals surface area contributed by atoms with Gasteiger partial charge >= 0.3 is 0 Å². The largest absolute Gasteiger partial charge is 0.338 e. The van der Waals surface area contributed by atoms with E-state index in [-0.39, 0.29) is 6.04 Å². The van der Waals surface area contributed by atoms with Gasteiger partial charge in [0.2, 0.25) is 5.89 Å². The zero-order valence-corrected chi connectivity index (χ0v) is 10.8. The number of hydrogen-bond acceptors (Lipinski definition) is 5. The Morgan fingerprint density at radius 1 is 1.17 bits per heavy atom. The number of piperidine rings is 2. The molecule has 18 heavy (non-hydrogen) atoms. The SMILES string of the molecule is C1CCC(c2nc(CC3CCCNC3)no2)NC1. The Kier molecular flexibility index (Phi) is 3.90. The van der Waals surface area contributed by atoms with Crippen molar-refractivity contribution in [1.82, 2.24) is 20.8 Å². The Labute approximate surface area is 108 Å². The van der Waals surface area contributed by atoms with Crippen LogP contribution in [0.15, 0.2) is 4.52 Å². The molecule has 2 saturated heterocycles. The predicted octanol–water partition coefficient (Wildman–Crippen LogP) is 1.43. The van der Waals surface area contributed by atoms with Gasteiger partial charge in [0.15, 0.2) is 5.82 Å². The van der Waals surface area contributed by atoms with E-state index in [1.165, 1.54) is 25.7 Å². The minimum Gasteiger partial charge on any atom is -0.338 e. The molecule has 5 nitrogen and oxygen atoms in total. The van der Waals surface area contributed by atoms with Gasteiger partial charge in [-0.1, -0.05) is 11.6 Å². The highest BCUT2D eigenvalue weighted by Crippen LogP contribution is 2.22. The van der Waals surface area contributed by atoms with Gasteiger partial charge in [-0.15, -0.1) is 0 Å². The van der Waals surface area contributed by atoms with Crippen molar-refractivity contribution in [1.29, 1.82) is 0 Å². The van der Waals surface area contributed by atoms with E-state index in [0.717, 1.165) is 44.2 Å². The lowest BCUT2D eigenvalue weighted by atomic mass is 9.96. The normalized spacial score (nSPS) is 29.3. The number of nitrogens with one attached hydrogen (secondary N) is 2. The maximum absolute atomic E-state index is 5.40. The molecular formula is C13H22N4O. The molecule has 0 aliphatic carbocycles. The van der Waals surface area contributed by atoms with Crippen LogP contribution in [0.2, 0.25) is 0 Å². The standard InChI is InChI=1S/C13H22N4O/c1-2-7-15-11(5-1)13-16-12(17-18-13)8-10-4-3-6-14-9-10/h10-11,14-15H,1-9H2. The average Bonchev–Trinajstić information content (AvgIpc) is 2.89. The summed E-state index contributed by atoms with van der Waals surface area (Å²) >= 11 is 0. The van der Waals surface area contributed by atoms with E-state index in [0.29, 0.717) is 5.92 Å². The van der Waals surface area contributed by atoms with Crippen molar-refractivity contribution in [2.24, 2.45) is 5.92 Å². The van der Waals surface area contributed by atoms with Crippen LogP contribution in [0.3, 0.4) is 0 Å². The molecule has 0 amide bonds. The average molecular weight is 250 g/mol. The zero-order chi connectivity index (χ0) is 12.2. The fraction of sp³-hybridized carbons (Fsp3) is 0.846. The Hall–Kier alpha value is -0.940.